The molecule has 0 radical (unpaired) electrons. The second-order valence-electron chi connectivity index (χ2n) is 2.95. The molecule has 0 N–H and O–H groups in total. The average Bonchev–Trinajstić information content (AvgIpc) is 2.02. The molecule has 0 fully saturated rings. The summed E-state index contributed by atoms with van der Waals surface area (Å²) in [6, 6.07) is 0. The zero-order valence-corrected chi connectivity index (χ0v) is 11.3. The third-order valence-corrected chi connectivity index (χ3v) is 4.21. The van der Waals surface area contributed by atoms with Crippen LogP contribution in [0.2, 0.25) is 0 Å². The molecule has 0 aliphatic rings. The molecule has 0 rings (SSSR count). The van der Waals surface area contributed by atoms with Gasteiger partial charge < -0.3 is 0 Å². The van der Waals surface area contributed by atoms with Crippen molar-refractivity contribution in [2.24, 2.45) is 0 Å². The molecule has 0 aromatic carbocycles. The van der Waals surface area contributed by atoms with Crippen molar-refractivity contribution >= 4 is 58.0 Å². The predicted octanol–water partition coefficient (Wildman–Crippen LogP) is 5.30. The molecule has 8 heteroatoms. The predicted molar refractivity (Wildman–Crippen MR) is 59.5 cm³/mol. The molecule has 0 amide bonds. The smallest absolute Gasteiger partial charge is 0.241 e. The molecule has 0 spiro atoms. The van der Waals surface area contributed by atoms with Gasteiger partial charge in [0, 0.05) is 0 Å². The maximum absolute atomic E-state index is 13.4. The molecule has 1 atom stereocenters. The molecule has 0 saturated heterocycles. The minimum absolute atomic E-state index is 0.195. The fraction of sp³-hybridized carbons (Fsp3) is 1.00. The van der Waals surface area contributed by atoms with E-state index in [0.717, 1.165) is 0 Å². The Morgan fingerprint density at radius 2 is 1.47 bits per heavy atom. The third kappa shape index (κ3) is 3.35. The Hall–Kier alpha value is 1.24. The summed E-state index contributed by atoms with van der Waals surface area (Å²) in [5, 5.41) is 0. The maximum atomic E-state index is 13.4. The van der Waals surface area contributed by atoms with Crippen LogP contribution < -0.4 is 0 Å². The highest BCUT2D eigenvalue weighted by molar-refractivity contribution is 6.75. The summed E-state index contributed by atoms with van der Waals surface area (Å²) < 4.78 is 34.1. The van der Waals surface area contributed by atoms with E-state index in [4.69, 9.17) is 58.0 Å². The first-order valence-electron chi connectivity index (χ1n) is 3.95. The highest BCUT2D eigenvalue weighted by atomic mass is 35.6. The van der Waals surface area contributed by atoms with Gasteiger partial charge in [0.05, 0.1) is 0 Å². The van der Waals surface area contributed by atoms with Crippen LogP contribution >= 0.6 is 58.0 Å². The van der Waals surface area contributed by atoms with Crippen LogP contribution in [0.15, 0.2) is 0 Å². The van der Waals surface area contributed by atoms with Crippen LogP contribution in [0.5, 0.6) is 0 Å². The van der Waals surface area contributed by atoms with Crippen LogP contribution in [0.4, 0.5) is 13.2 Å². The van der Waals surface area contributed by atoms with Gasteiger partial charge >= 0.3 is 5.92 Å². The van der Waals surface area contributed by atoms with Gasteiger partial charge in [-0.15, -0.1) is 0 Å². The van der Waals surface area contributed by atoms with Gasteiger partial charge in [0.1, 0.15) is 0 Å². The summed E-state index contributed by atoms with van der Waals surface area (Å²) in [5.74, 6) is -4.14. The molecule has 0 aromatic rings. The maximum Gasteiger partial charge on any atom is 0.315 e. The summed E-state index contributed by atoms with van der Waals surface area (Å²) in [7, 11) is 0. The van der Waals surface area contributed by atoms with E-state index in [1.165, 1.54) is 6.92 Å². The summed E-state index contributed by atoms with van der Waals surface area (Å²) in [6.45, 7) is 1.53. The van der Waals surface area contributed by atoms with Crippen molar-refractivity contribution in [3.8, 4) is 0 Å². The Balaban J connectivity index is 5.00. The first-order chi connectivity index (χ1) is 6.48. The van der Waals surface area contributed by atoms with Crippen molar-refractivity contribution in [2.45, 2.75) is 40.0 Å². The fourth-order valence-electron chi connectivity index (χ4n) is 0.820. The second-order valence-corrected chi connectivity index (χ2v) is 6.56. The molecule has 0 aliphatic heterocycles. The zero-order valence-electron chi connectivity index (χ0n) is 7.52. The molecule has 0 heterocycles. The quantitative estimate of drug-likeness (QED) is 0.615. The lowest BCUT2D eigenvalue weighted by atomic mass is 10.1. The molecule has 0 saturated carbocycles. The van der Waals surface area contributed by atoms with Crippen LogP contribution in [0.3, 0.4) is 0 Å². The van der Waals surface area contributed by atoms with Crippen LogP contribution in [0, 0.1) is 0 Å². The van der Waals surface area contributed by atoms with Gasteiger partial charge in [-0.2, -0.15) is 8.78 Å². The van der Waals surface area contributed by atoms with Gasteiger partial charge in [0.25, 0.3) is 0 Å². The van der Waals surface area contributed by atoms with E-state index in [1.807, 2.05) is 0 Å². The van der Waals surface area contributed by atoms with E-state index in [0.29, 0.717) is 0 Å². The normalized spacial score (nSPS) is 16.6. The molecule has 0 aliphatic carbocycles. The van der Waals surface area contributed by atoms with E-state index in [9.17, 15) is 13.2 Å². The lowest BCUT2D eigenvalue weighted by Crippen LogP contribution is -2.53. The Labute approximate surface area is 111 Å². The summed E-state index contributed by atoms with van der Waals surface area (Å²) >= 11 is 26.0. The minimum atomic E-state index is -4.14. The van der Waals surface area contributed by atoms with Crippen LogP contribution in [-0.2, 0) is 0 Å². The molecule has 0 bridgehead atoms. The van der Waals surface area contributed by atoms with Crippen LogP contribution in [0.1, 0.15) is 19.8 Å². The standard InChI is InChI=1S/C7H8Cl5F3/c1-2-3-4(13)5(14,15)6(8,9)7(10,11)12/h4H,2-3H2,1H3. The average molecular weight is 326 g/mol. The van der Waals surface area contributed by atoms with Gasteiger partial charge in [0.15, 0.2) is 6.17 Å². The first-order valence-corrected chi connectivity index (χ1v) is 5.83. The highest BCUT2D eigenvalue weighted by Gasteiger charge is 2.66. The number of hydrogen-bond acceptors (Lipinski definition) is 0. The molecular formula is C7H8Cl5F3. The number of rotatable bonds is 4. The van der Waals surface area contributed by atoms with Gasteiger partial charge in [-0.25, -0.2) is 4.39 Å². The van der Waals surface area contributed by atoms with E-state index in [-0.39, 0.29) is 6.42 Å². The Morgan fingerprint density at radius 3 is 1.73 bits per heavy atom. The second kappa shape index (κ2) is 5.26. The van der Waals surface area contributed by atoms with Gasteiger partial charge in [-0.05, 0) is 6.42 Å². The molecule has 0 aromatic heterocycles. The summed E-state index contributed by atoms with van der Waals surface area (Å²) in [5.41, 5.74) is 0. The molecular weight excluding hydrogens is 318 g/mol. The lowest BCUT2D eigenvalue weighted by molar-refractivity contribution is -0.0871. The number of alkyl halides is 8. The Bertz CT molecular complexity index is 213. The van der Waals surface area contributed by atoms with Gasteiger partial charge in [0.2, 0.25) is 8.13 Å². The Kier molecular flexibility index (Phi) is 5.69. The summed E-state index contributed by atoms with van der Waals surface area (Å²) in [4.78, 5) is 0. The van der Waals surface area contributed by atoms with Crippen LogP contribution in [-0.4, -0.2) is 20.2 Å². The van der Waals surface area contributed by atoms with Gasteiger partial charge in [-0.3, -0.25) is 0 Å². The van der Waals surface area contributed by atoms with E-state index in [1.54, 1.807) is 0 Å². The molecule has 92 valence electrons. The monoisotopic (exact) mass is 324 g/mol. The topological polar surface area (TPSA) is 0 Å². The van der Waals surface area contributed by atoms with Crippen molar-refractivity contribution < 1.29 is 13.2 Å². The zero-order chi connectivity index (χ0) is 12.5. The van der Waals surface area contributed by atoms with E-state index >= 15 is 0 Å². The molecule has 0 nitrogen and oxygen atoms in total. The summed E-state index contributed by atoms with van der Waals surface area (Å²) in [6.07, 6.45) is -2.79. The van der Waals surface area contributed by atoms with Gasteiger partial charge in [-0.1, -0.05) is 71.3 Å². The molecule has 15 heavy (non-hydrogen) atoms. The number of hydrogen-bond donors (Lipinski definition) is 0. The van der Waals surface area contributed by atoms with Crippen molar-refractivity contribution in [1.29, 1.82) is 0 Å². The third-order valence-electron chi connectivity index (χ3n) is 1.71. The van der Waals surface area contributed by atoms with Crippen molar-refractivity contribution in [1.82, 2.24) is 0 Å². The number of halogens is 8. The van der Waals surface area contributed by atoms with E-state index in [2.05, 4.69) is 0 Å². The van der Waals surface area contributed by atoms with Crippen molar-refractivity contribution in [3.05, 3.63) is 0 Å². The SMILES string of the molecule is CCCC(F)C(F)(F)C(Cl)(Cl)C(Cl)(Cl)Cl. The molecule has 1 unspecified atom stereocenters. The van der Waals surface area contributed by atoms with E-state index < -0.39 is 26.6 Å². The van der Waals surface area contributed by atoms with Crippen LogP contribution in [0.25, 0.3) is 0 Å². The first kappa shape index (κ1) is 16.2. The van der Waals surface area contributed by atoms with Crippen molar-refractivity contribution in [2.75, 3.05) is 0 Å². The minimum Gasteiger partial charge on any atom is -0.241 e. The largest absolute Gasteiger partial charge is 0.315 e. The Morgan fingerprint density at radius 1 is 1.07 bits per heavy atom. The lowest BCUT2D eigenvalue weighted by Gasteiger charge is -2.36. The van der Waals surface area contributed by atoms with Crippen molar-refractivity contribution in [3.63, 3.8) is 0 Å². The highest BCUT2D eigenvalue weighted by Crippen LogP contribution is 2.56. The fourth-order valence-corrected chi connectivity index (χ4v) is 1.44.